The van der Waals surface area contributed by atoms with Crippen LogP contribution in [0.5, 0.6) is 0 Å². The quantitative estimate of drug-likeness (QED) is 0.139. The summed E-state index contributed by atoms with van der Waals surface area (Å²) in [5.74, 6) is 2.01. The highest BCUT2D eigenvalue weighted by Gasteiger charge is 2.57. The molecule has 2 aromatic carbocycles. The van der Waals surface area contributed by atoms with Crippen molar-refractivity contribution in [1.29, 1.82) is 0 Å². The van der Waals surface area contributed by atoms with Crippen LogP contribution in [0.3, 0.4) is 0 Å². The number of ether oxygens (including phenoxy) is 2. The van der Waals surface area contributed by atoms with Crippen LogP contribution in [0.15, 0.2) is 60.9 Å². The van der Waals surface area contributed by atoms with E-state index in [1.807, 2.05) is 49.9 Å². The van der Waals surface area contributed by atoms with E-state index in [0.717, 1.165) is 71.0 Å². The first-order chi connectivity index (χ1) is 26.9. The van der Waals surface area contributed by atoms with Crippen molar-refractivity contribution < 1.29 is 28.7 Å². The van der Waals surface area contributed by atoms with Crippen molar-refractivity contribution >= 4 is 24.0 Å². The number of rotatable bonds is 11. The first kappa shape index (κ1) is 37.3. The highest BCUT2D eigenvalue weighted by atomic mass is 16.5. The Morgan fingerprint density at radius 3 is 1.30 bits per heavy atom. The van der Waals surface area contributed by atoms with Gasteiger partial charge in [-0.3, -0.25) is 9.59 Å². The van der Waals surface area contributed by atoms with Gasteiger partial charge in [0.1, 0.15) is 23.7 Å². The van der Waals surface area contributed by atoms with E-state index in [9.17, 15) is 19.2 Å². The second-order valence-electron chi connectivity index (χ2n) is 16.4. The fourth-order valence-electron chi connectivity index (χ4n) is 8.74. The molecule has 4 N–H and O–H groups in total. The number of H-pyrrole nitrogens is 2. The van der Waals surface area contributed by atoms with Crippen LogP contribution in [0.4, 0.5) is 9.59 Å². The second kappa shape index (κ2) is 14.8. The van der Waals surface area contributed by atoms with Gasteiger partial charge in [-0.2, -0.15) is 0 Å². The lowest BCUT2D eigenvalue weighted by molar-refractivity contribution is -0.137. The Kier molecular flexibility index (Phi) is 9.83. The molecule has 8 rings (SSSR count). The Morgan fingerprint density at radius 1 is 0.607 bits per heavy atom. The Balaban J connectivity index is 0.931. The maximum absolute atomic E-state index is 13.8. The molecule has 56 heavy (non-hydrogen) atoms. The molecule has 2 aromatic heterocycles. The number of benzene rings is 2. The number of hydrogen-bond donors (Lipinski definition) is 4. The molecule has 2 aliphatic carbocycles. The molecule has 4 heterocycles. The minimum atomic E-state index is -0.676. The van der Waals surface area contributed by atoms with Gasteiger partial charge in [0.2, 0.25) is 11.8 Å². The number of carbonyl (C=O) groups is 4. The van der Waals surface area contributed by atoms with Crippen molar-refractivity contribution in [1.82, 2.24) is 40.4 Å². The molecule has 0 radical (unpaired) electrons. The fourth-order valence-corrected chi connectivity index (χ4v) is 8.74. The van der Waals surface area contributed by atoms with Crippen molar-refractivity contribution in [2.45, 2.75) is 89.6 Å². The first-order valence-corrected chi connectivity index (χ1v) is 19.6. The lowest BCUT2D eigenvalue weighted by Crippen LogP contribution is -2.52. The summed E-state index contributed by atoms with van der Waals surface area (Å²) in [4.78, 5) is 71.9. The van der Waals surface area contributed by atoms with Gasteiger partial charge in [0.15, 0.2) is 0 Å². The molecule has 14 nitrogen and oxygen atoms in total. The van der Waals surface area contributed by atoms with Crippen molar-refractivity contribution in [3.63, 3.8) is 0 Å². The number of nitrogens with zero attached hydrogens (tertiary/aromatic N) is 4. The molecule has 294 valence electrons. The van der Waals surface area contributed by atoms with E-state index in [1.54, 1.807) is 0 Å². The molecule has 2 saturated carbocycles. The number of aromatic amines is 2. The average Bonchev–Trinajstić information content (AvgIpc) is 3.79. The third-order valence-corrected chi connectivity index (χ3v) is 12.0. The molecule has 2 unspecified atom stereocenters. The number of aromatic nitrogens is 4. The summed E-state index contributed by atoms with van der Waals surface area (Å²) in [5.41, 5.74) is 5.85. The van der Waals surface area contributed by atoms with Gasteiger partial charge in [0.05, 0.1) is 50.1 Å². The van der Waals surface area contributed by atoms with Crippen LogP contribution < -0.4 is 10.6 Å². The van der Waals surface area contributed by atoms with Gasteiger partial charge < -0.3 is 39.9 Å². The highest BCUT2D eigenvalue weighted by molar-refractivity contribution is 5.88. The van der Waals surface area contributed by atoms with Crippen LogP contribution in [-0.4, -0.2) is 92.1 Å². The largest absolute Gasteiger partial charge is 0.453 e. The van der Waals surface area contributed by atoms with E-state index >= 15 is 0 Å². The maximum Gasteiger partial charge on any atom is 0.407 e. The predicted octanol–water partition coefficient (Wildman–Crippen LogP) is 6.22. The Labute approximate surface area is 326 Å². The Morgan fingerprint density at radius 2 is 0.964 bits per heavy atom. The van der Waals surface area contributed by atoms with E-state index in [4.69, 9.17) is 19.4 Å². The topological polar surface area (TPSA) is 175 Å². The van der Waals surface area contributed by atoms with Crippen molar-refractivity contribution in [3.8, 4) is 33.6 Å². The van der Waals surface area contributed by atoms with Gasteiger partial charge in [0, 0.05) is 12.1 Å². The number of alkyl carbamates (subject to hydrolysis) is 2. The molecule has 2 aliphatic heterocycles. The molecule has 4 aromatic rings. The number of piperidine rings is 2. The Hall–Kier alpha value is -5.66. The maximum atomic E-state index is 13.8. The lowest BCUT2D eigenvalue weighted by Gasteiger charge is -2.31. The number of amides is 4. The summed E-state index contributed by atoms with van der Waals surface area (Å²) in [6.45, 7) is 7.67. The molecule has 0 spiro atoms. The fraction of sp³-hybridized carbons (Fsp3) is 0.476. The summed E-state index contributed by atoms with van der Waals surface area (Å²) in [7, 11) is 2.60. The van der Waals surface area contributed by atoms with Crippen LogP contribution >= 0.6 is 0 Å². The standard InChI is InChI=1S/C42H50N8O6/c1-21(2)35(47-41(53)55-5)39(51)49-31-15-27(31)17-33(49)37-43-19-29(45-37)25-11-7-23(8-12-25)24-9-13-26(14-10-24)30-20-44-38(46-30)34-18-28-16-32(28)50(34)40(52)36(22(3)4)48-42(54)56-6/h7-14,19-22,27-28,31-36H,15-18H2,1-6H3,(H,43,45)(H,44,46)(H,47,53)(H,48,54)/t27-,28-,31-,32-,33?,34?,35-,36-/m0/s1. The summed E-state index contributed by atoms with van der Waals surface area (Å²) in [6.07, 6.45) is 6.06. The van der Waals surface area contributed by atoms with Crippen molar-refractivity contribution in [2.75, 3.05) is 14.2 Å². The second-order valence-corrected chi connectivity index (χ2v) is 16.4. The zero-order chi connectivity index (χ0) is 39.4. The summed E-state index contributed by atoms with van der Waals surface area (Å²) < 4.78 is 9.58. The van der Waals surface area contributed by atoms with Crippen LogP contribution in [0, 0.1) is 23.7 Å². The number of carbonyl (C=O) groups excluding carboxylic acids is 4. The molecule has 4 aliphatic rings. The molecule has 0 bridgehead atoms. The summed E-state index contributed by atoms with van der Waals surface area (Å²) in [5, 5.41) is 5.47. The van der Waals surface area contributed by atoms with E-state index < -0.39 is 24.3 Å². The number of hydrogen-bond acceptors (Lipinski definition) is 8. The van der Waals surface area contributed by atoms with Crippen molar-refractivity contribution in [2.24, 2.45) is 23.7 Å². The summed E-state index contributed by atoms with van der Waals surface area (Å²) in [6, 6.07) is 15.2. The van der Waals surface area contributed by atoms with Gasteiger partial charge >= 0.3 is 12.2 Å². The van der Waals surface area contributed by atoms with Crippen LogP contribution in [0.25, 0.3) is 33.6 Å². The van der Waals surface area contributed by atoms with E-state index in [0.29, 0.717) is 11.8 Å². The molecule has 14 heteroatoms. The number of imidazole rings is 2. The SMILES string of the molecule is COC(=O)N[C@H](C(=O)N1C(c2ncc(-c3ccc(-c4ccc(-c5cnc(C6C[C@@H]7C[C@@H]7N6C(=O)[C@@H](NC(=O)OC)C(C)C)[nH]5)cc4)cc3)[nH]2)C[C@@H]2C[C@@H]21)C(C)C. The van der Waals surface area contributed by atoms with E-state index in [-0.39, 0.29) is 47.8 Å². The third kappa shape index (κ3) is 7.01. The molecule has 2 saturated heterocycles. The highest BCUT2D eigenvalue weighted by Crippen LogP contribution is 2.54. The predicted molar refractivity (Wildman–Crippen MR) is 208 cm³/mol. The van der Waals surface area contributed by atoms with Gasteiger partial charge in [-0.1, -0.05) is 76.2 Å². The number of nitrogens with one attached hydrogen (secondary N) is 4. The number of likely N-dealkylation sites (tertiary alicyclic amines) is 2. The normalized spacial score (nSPS) is 24.4. The van der Waals surface area contributed by atoms with E-state index in [2.05, 4.69) is 69.1 Å². The molecular formula is C42H50N8O6. The lowest BCUT2D eigenvalue weighted by atomic mass is 10.0. The molecular weight excluding hydrogens is 713 g/mol. The Bertz CT molecular complexity index is 1960. The van der Waals surface area contributed by atoms with Gasteiger partial charge in [0.25, 0.3) is 0 Å². The van der Waals surface area contributed by atoms with Gasteiger partial charge in [-0.25, -0.2) is 19.6 Å². The molecule has 4 fully saturated rings. The van der Waals surface area contributed by atoms with Crippen LogP contribution in [-0.2, 0) is 19.1 Å². The first-order valence-electron chi connectivity index (χ1n) is 19.6. The van der Waals surface area contributed by atoms with Crippen LogP contribution in [0.2, 0.25) is 0 Å². The minimum Gasteiger partial charge on any atom is -0.453 e. The van der Waals surface area contributed by atoms with Crippen molar-refractivity contribution in [3.05, 3.63) is 72.6 Å². The van der Waals surface area contributed by atoms with Crippen LogP contribution in [0.1, 0.15) is 77.1 Å². The monoisotopic (exact) mass is 762 g/mol. The third-order valence-electron chi connectivity index (χ3n) is 12.0. The zero-order valence-electron chi connectivity index (χ0n) is 32.6. The molecule has 4 amide bonds. The van der Waals surface area contributed by atoms with E-state index in [1.165, 1.54) is 14.2 Å². The van der Waals surface area contributed by atoms with Gasteiger partial charge in [-0.15, -0.1) is 0 Å². The zero-order valence-corrected chi connectivity index (χ0v) is 32.6. The summed E-state index contributed by atoms with van der Waals surface area (Å²) >= 11 is 0. The minimum absolute atomic E-state index is 0.0971. The average molecular weight is 763 g/mol. The van der Waals surface area contributed by atoms with Gasteiger partial charge in [-0.05, 0) is 71.6 Å². The number of fused-ring (bicyclic) bond motifs is 2. The number of methoxy groups -OCH3 is 2. The molecule has 8 atom stereocenters. The smallest absolute Gasteiger partial charge is 0.407 e.